The van der Waals surface area contributed by atoms with Gasteiger partial charge in [-0.05, 0) is 0 Å². The first-order valence-corrected chi connectivity index (χ1v) is 7.42. The molecule has 1 N–H and O–H groups in total. The van der Waals surface area contributed by atoms with Gasteiger partial charge in [0.05, 0.1) is 0 Å². The standard InChI is InChI=1S/C12H17IO8/c1-5(14)18-4-8-10(19-6(2)15)11(20-7(3)16)9(13)12(17)21-8/h8-12,17H,4H2,1-3H3/t8-,9+,10+,11-,12-/m1/s1. The van der Waals surface area contributed by atoms with Crippen LogP contribution in [0, 0.1) is 0 Å². The Morgan fingerprint density at radius 3 is 2.05 bits per heavy atom. The van der Waals surface area contributed by atoms with Gasteiger partial charge in [-0.25, -0.2) is 0 Å². The van der Waals surface area contributed by atoms with Gasteiger partial charge in [0, 0.05) is 20.8 Å². The number of esters is 3. The van der Waals surface area contributed by atoms with E-state index in [0.29, 0.717) is 0 Å². The summed E-state index contributed by atoms with van der Waals surface area (Å²) in [5, 5.41) is 9.85. The van der Waals surface area contributed by atoms with Crippen LogP contribution in [0.25, 0.3) is 0 Å². The van der Waals surface area contributed by atoms with E-state index in [9.17, 15) is 19.5 Å². The molecule has 0 radical (unpaired) electrons. The minimum atomic E-state index is -1.25. The molecule has 1 fully saturated rings. The van der Waals surface area contributed by atoms with Crippen LogP contribution in [0.1, 0.15) is 20.8 Å². The van der Waals surface area contributed by atoms with Crippen LogP contribution in [0.5, 0.6) is 0 Å². The van der Waals surface area contributed by atoms with E-state index in [4.69, 9.17) is 18.9 Å². The molecule has 120 valence electrons. The van der Waals surface area contributed by atoms with Gasteiger partial charge in [-0.2, -0.15) is 0 Å². The number of carbonyl (C=O) groups excluding carboxylic acids is 3. The molecule has 5 atom stereocenters. The highest BCUT2D eigenvalue weighted by molar-refractivity contribution is 14.1. The molecule has 9 heteroatoms. The van der Waals surface area contributed by atoms with E-state index in [1.54, 1.807) is 0 Å². The summed E-state index contributed by atoms with van der Waals surface area (Å²) >= 11 is 1.84. The highest BCUT2D eigenvalue weighted by Crippen LogP contribution is 2.30. The van der Waals surface area contributed by atoms with Crippen LogP contribution in [-0.2, 0) is 33.3 Å². The molecule has 0 amide bonds. The molecule has 1 rings (SSSR count). The van der Waals surface area contributed by atoms with Crippen LogP contribution in [0.15, 0.2) is 0 Å². The molecular formula is C12H17IO8. The summed E-state index contributed by atoms with van der Waals surface area (Å²) in [5.41, 5.74) is 0. The first-order valence-electron chi connectivity index (χ1n) is 6.17. The molecule has 0 unspecified atom stereocenters. The molecule has 0 spiro atoms. The van der Waals surface area contributed by atoms with Crippen molar-refractivity contribution >= 4 is 40.5 Å². The second kappa shape index (κ2) is 7.90. The van der Waals surface area contributed by atoms with Gasteiger partial charge in [0.1, 0.15) is 16.6 Å². The van der Waals surface area contributed by atoms with Gasteiger partial charge >= 0.3 is 17.9 Å². The van der Waals surface area contributed by atoms with Gasteiger partial charge < -0.3 is 24.1 Å². The number of aliphatic hydroxyl groups is 1. The summed E-state index contributed by atoms with van der Waals surface area (Å²) in [6.45, 7) is 3.38. The maximum absolute atomic E-state index is 11.2. The zero-order chi connectivity index (χ0) is 16.2. The molecule has 1 saturated heterocycles. The van der Waals surface area contributed by atoms with Gasteiger partial charge in [-0.1, -0.05) is 22.6 Å². The topological polar surface area (TPSA) is 108 Å². The molecule has 0 bridgehead atoms. The van der Waals surface area contributed by atoms with Crippen molar-refractivity contribution in [2.24, 2.45) is 0 Å². The van der Waals surface area contributed by atoms with E-state index in [0.717, 1.165) is 0 Å². The van der Waals surface area contributed by atoms with Gasteiger partial charge in [0.15, 0.2) is 18.5 Å². The largest absolute Gasteiger partial charge is 0.463 e. The lowest BCUT2D eigenvalue weighted by Crippen LogP contribution is -2.59. The first-order chi connectivity index (χ1) is 9.72. The Balaban J connectivity index is 2.94. The number of halogens is 1. The molecule has 0 aromatic carbocycles. The van der Waals surface area contributed by atoms with Crippen molar-refractivity contribution in [1.82, 2.24) is 0 Å². The monoisotopic (exact) mass is 416 g/mol. The SMILES string of the molecule is CC(=O)OC[C@H]1O[C@@H](O)[C@@H](I)[C@@H](OC(C)=O)[C@H]1OC(C)=O. The summed E-state index contributed by atoms with van der Waals surface area (Å²) < 4.78 is 19.7. The lowest BCUT2D eigenvalue weighted by atomic mass is 10.0. The maximum atomic E-state index is 11.2. The Labute approximate surface area is 135 Å². The second-order valence-electron chi connectivity index (χ2n) is 4.46. The van der Waals surface area contributed by atoms with E-state index < -0.39 is 46.4 Å². The van der Waals surface area contributed by atoms with E-state index in [1.807, 2.05) is 22.6 Å². The highest BCUT2D eigenvalue weighted by atomic mass is 127. The van der Waals surface area contributed by atoms with E-state index in [2.05, 4.69) is 0 Å². The minimum Gasteiger partial charge on any atom is -0.463 e. The Morgan fingerprint density at radius 1 is 1.05 bits per heavy atom. The number of alkyl halides is 1. The third-order valence-electron chi connectivity index (χ3n) is 2.65. The van der Waals surface area contributed by atoms with Gasteiger partial charge in [-0.3, -0.25) is 14.4 Å². The molecule has 0 aromatic rings. The smallest absolute Gasteiger partial charge is 0.303 e. The third kappa shape index (κ3) is 5.40. The molecule has 8 nitrogen and oxygen atoms in total. The number of hydrogen-bond acceptors (Lipinski definition) is 8. The molecule has 0 saturated carbocycles. The van der Waals surface area contributed by atoms with Crippen LogP contribution in [0.3, 0.4) is 0 Å². The zero-order valence-electron chi connectivity index (χ0n) is 11.8. The lowest BCUT2D eigenvalue weighted by molar-refractivity contribution is -0.246. The summed E-state index contributed by atoms with van der Waals surface area (Å²) in [5.74, 6) is -1.73. The fourth-order valence-corrected chi connectivity index (χ4v) is 2.60. The van der Waals surface area contributed by atoms with Crippen molar-refractivity contribution < 1.29 is 38.4 Å². The molecule has 1 aliphatic heterocycles. The quantitative estimate of drug-likeness (QED) is 0.294. The van der Waals surface area contributed by atoms with Crippen molar-refractivity contribution in [2.75, 3.05) is 6.61 Å². The molecule has 1 heterocycles. The predicted octanol–water partition coefficient (Wildman–Crippen LogP) is -0.0663. The van der Waals surface area contributed by atoms with Crippen molar-refractivity contribution in [1.29, 1.82) is 0 Å². The molecular weight excluding hydrogens is 399 g/mol. The van der Waals surface area contributed by atoms with Crippen LogP contribution in [0.2, 0.25) is 0 Å². The lowest BCUT2D eigenvalue weighted by Gasteiger charge is -2.41. The van der Waals surface area contributed by atoms with E-state index in [1.165, 1.54) is 20.8 Å². The Hall–Kier alpha value is -0.940. The number of hydrogen-bond donors (Lipinski definition) is 1. The number of ether oxygens (including phenoxy) is 4. The normalized spacial score (nSPS) is 32.1. The molecule has 0 aromatic heterocycles. The average Bonchev–Trinajstić information content (AvgIpc) is 2.35. The van der Waals surface area contributed by atoms with Crippen molar-refractivity contribution in [3.8, 4) is 0 Å². The number of carbonyl (C=O) groups is 3. The van der Waals surface area contributed by atoms with Crippen molar-refractivity contribution in [2.45, 2.75) is 49.3 Å². The second-order valence-corrected chi connectivity index (χ2v) is 5.90. The zero-order valence-corrected chi connectivity index (χ0v) is 13.9. The average molecular weight is 416 g/mol. The predicted molar refractivity (Wildman–Crippen MR) is 76.4 cm³/mol. The third-order valence-corrected chi connectivity index (χ3v) is 3.97. The highest BCUT2D eigenvalue weighted by Gasteiger charge is 2.48. The summed E-state index contributed by atoms with van der Waals surface area (Å²) in [4.78, 5) is 33.3. The van der Waals surface area contributed by atoms with E-state index in [-0.39, 0.29) is 6.61 Å². The van der Waals surface area contributed by atoms with Gasteiger partial charge in [0.25, 0.3) is 0 Å². The van der Waals surface area contributed by atoms with Crippen LogP contribution in [0.4, 0.5) is 0 Å². The molecule has 21 heavy (non-hydrogen) atoms. The Bertz CT molecular complexity index is 412. The first kappa shape index (κ1) is 18.1. The van der Waals surface area contributed by atoms with Crippen LogP contribution in [-0.4, -0.2) is 58.1 Å². The maximum Gasteiger partial charge on any atom is 0.303 e. The Morgan fingerprint density at radius 2 is 1.57 bits per heavy atom. The minimum absolute atomic E-state index is 0.231. The Kier molecular flexibility index (Phi) is 6.81. The fraction of sp³-hybridized carbons (Fsp3) is 0.750. The van der Waals surface area contributed by atoms with Crippen LogP contribution < -0.4 is 0 Å². The molecule has 0 aliphatic carbocycles. The molecule has 1 aliphatic rings. The van der Waals surface area contributed by atoms with Gasteiger partial charge in [-0.15, -0.1) is 0 Å². The number of rotatable bonds is 4. The van der Waals surface area contributed by atoms with Crippen molar-refractivity contribution in [3.05, 3.63) is 0 Å². The summed E-state index contributed by atoms with van der Waals surface area (Å²) in [7, 11) is 0. The van der Waals surface area contributed by atoms with Crippen LogP contribution >= 0.6 is 22.6 Å². The summed E-state index contributed by atoms with van der Waals surface area (Å²) in [6, 6.07) is 0. The summed E-state index contributed by atoms with van der Waals surface area (Å²) in [6.07, 6.45) is -4.06. The van der Waals surface area contributed by atoms with Gasteiger partial charge in [0.2, 0.25) is 0 Å². The van der Waals surface area contributed by atoms with E-state index >= 15 is 0 Å². The number of aliphatic hydroxyl groups excluding tert-OH is 1. The fourth-order valence-electron chi connectivity index (χ4n) is 1.88. The van der Waals surface area contributed by atoms with Crippen molar-refractivity contribution in [3.63, 3.8) is 0 Å².